The standard InChI is InChI=1S/3CH3NO2.Mn.H3N/c3*2-1(3)4;;/h3*2H2,(H,3,4);;1H3/q;;;+2;/p-2. The third-order valence-electron chi connectivity index (χ3n) is 0. The van der Waals surface area contributed by atoms with Gasteiger partial charge in [0.15, 0.2) is 0 Å². The third kappa shape index (κ3) is 303. The first-order chi connectivity index (χ1) is 5.20. The Hall–Kier alpha value is -1.71. The van der Waals surface area contributed by atoms with Gasteiger partial charge in [0.05, 0.1) is 0 Å². The summed E-state index contributed by atoms with van der Waals surface area (Å²) in [5.74, 6) is 0. The monoisotopic (exact) mass is 253 g/mol. The van der Waals surface area contributed by atoms with Crippen LogP contribution in [0.1, 0.15) is 0 Å². The van der Waals surface area contributed by atoms with Crippen molar-refractivity contribution in [1.29, 1.82) is 0 Å². The molecule has 0 spiro atoms. The molecule has 1 radical (unpaired) electrons. The summed E-state index contributed by atoms with van der Waals surface area (Å²) in [6, 6.07) is 0. The summed E-state index contributed by atoms with van der Waals surface area (Å²) in [6.07, 6.45) is -4.75. The van der Waals surface area contributed by atoms with E-state index < -0.39 is 18.3 Å². The van der Waals surface area contributed by atoms with Crippen LogP contribution in [-0.4, -0.2) is 18.3 Å². The van der Waals surface area contributed by atoms with Crippen LogP contribution in [0, 0.1) is 0 Å². The zero-order chi connectivity index (χ0) is 10.7. The molecule has 0 rings (SSSR count). The Balaban J connectivity index is -0.0000000270. The Labute approximate surface area is 89.1 Å². The molecule has 0 saturated carbocycles. The molecular weight excluding hydrogens is 243 g/mol. The van der Waals surface area contributed by atoms with E-state index in [0.717, 1.165) is 0 Å². The maximum absolute atomic E-state index is 8.67. The zero-order valence-electron chi connectivity index (χ0n) is 7.06. The van der Waals surface area contributed by atoms with Gasteiger partial charge >= 0.3 is 17.1 Å². The molecule has 0 aliphatic rings. The normalized spacial score (nSPS) is 5.14. The van der Waals surface area contributed by atoms with Gasteiger partial charge in [0.1, 0.15) is 18.3 Å². The molecule has 0 aliphatic carbocycles. The molecule has 85 valence electrons. The van der Waals surface area contributed by atoms with Crippen LogP contribution in [0.25, 0.3) is 0 Å². The van der Waals surface area contributed by atoms with Gasteiger partial charge in [-0.15, -0.1) is 0 Å². The number of amides is 3. The van der Waals surface area contributed by atoms with Crippen molar-refractivity contribution in [3.63, 3.8) is 0 Å². The van der Waals surface area contributed by atoms with Crippen LogP contribution in [0.3, 0.4) is 0 Å². The molecule has 0 aromatic carbocycles. The topological polar surface area (TPSA) is 235 Å². The van der Waals surface area contributed by atoms with Gasteiger partial charge in [-0.25, -0.2) is 0 Å². The van der Waals surface area contributed by atoms with E-state index >= 15 is 0 Å². The van der Waals surface area contributed by atoms with Crippen molar-refractivity contribution in [1.82, 2.24) is 6.15 Å². The number of carbonyl (C=O) groups is 3. The van der Waals surface area contributed by atoms with Crippen LogP contribution in [-0.2, 0) is 17.1 Å². The molecule has 0 unspecified atom stereocenters. The first kappa shape index (κ1) is 29.5. The number of quaternary nitrogens is 1. The summed E-state index contributed by atoms with van der Waals surface area (Å²) in [5, 5.41) is 26.0. The average Bonchev–Trinajstić information content (AvgIpc) is 1.54. The van der Waals surface area contributed by atoms with Crippen LogP contribution in [0.4, 0.5) is 14.4 Å². The molecule has 3 amide bonds. The summed E-state index contributed by atoms with van der Waals surface area (Å²) in [7, 11) is 0. The summed E-state index contributed by atoms with van der Waals surface area (Å²) < 4.78 is 0. The fourth-order valence-corrected chi connectivity index (χ4v) is 0. The average molecular weight is 253 g/mol. The van der Waals surface area contributed by atoms with Crippen LogP contribution >= 0.6 is 0 Å². The molecule has 0 atom stereocenters. The smallest absolute Gasteiger partial charge is 0.530 e. The maximum atomic E-state index is 8.67. The molecule has 0 aliphatic heterocycles. The van der Waals surface area contributed by atoms with Crippen LogP contribution in [0.15, 0.2) is 0 Å². The number of carboxylic acid groups (broad SMARTS) is 3. The molecule has 10 N–H and O–H groups in total. The van der Waals surface area contributed by atoms with E-state index in [-0.39, 0.29) is 23.2 Å². The Morgan fingerprint density at radius 3 is 0.714 bits per heavy atom. The van der Waals surface area contributed by atoms with Gasteiger partial charge in [-0.1, -0.05) is 0 Å². The molecule has 11 heteroatoms. The van der Waals surface area contributed by atoms with Crippen LogP contribution in [0.5, 0.6) is 0 Å². The molecule has 10 nitrogen and oxygen atoms in total. The van der Waals surface area contributed by atoms with Gasteiger partial charge in [-0.05, 0) is 0 Å². The van der Waals surface area contributed by atoms with Crippen molar-refractivity contribution >= 4 is 18.3 Å². The minimum Gasteiger partial charge on any atom is -0.530 e. The predicted molar refractivity (Wildman–Crippen MR) is 34.7 cm³/mol. The molecule has 0 heterocycles. The Morgan fingerprint density at radius 1 is 0.714 bits per heavy atom. The van der Waals surface area contributed by atoms with Gasteiger partial charge in [0.2, 0.25) is 0 Å². The second kappa shape index (κ2) is 22.5. The van der Waals surface area contributed by atoms with E-state index in [1.54, 1.807) is 0 Å². The third-order valence-corrected chi connectivity index (χ3v) is 0. The molecule has 0 aromatic heterocycles. The summed E-state index contributed by atoms with van der Waals surface area (Å²) in [5.41, 5.74) is 11.8. The minimum absolute atomic E-state index is 0. The van der Waals surface area contributed by atoms with Crippen molar-refractivity contribution in [2.75, 3.05) is 0 Å². The maximum Gasteiger partial charge on any atom is 2.00 e. The van der Waals surface area contributed by atoms with Crippen LogP contribution in [0.2, 0.25) is 0 Å². The van der Waals surface area contributed by atoms with E-state index in [9.17, 15) is 0 Å². The zero-order valence-corrected chi connectivity index (χ0v) is 8.24. The Kier molecular flexibility index (Phi) is 47.4. The second-order valence-electron chi connectivity index (χ2n) is 0.957. The molecule has 0 fully saturated rings. The van der Waals surface area contributed by atoms with Crippen LogP contribution < -0.4 is 38.7 Å². The quantitative estimate of drug-likeness (QED) is 0.308. The summed E-state index contributed by atoms with van der Waals surface area (Å²) in [4.78, 5) is 26.0. The minimum atomic E-state index is -1.58. The largest absolute Gasteiger partial charge is 2.00 e. The predicted octanol–water partition coefficient (Wildman–Crippen LogP) is -4.76. The van der Waals surface area contributed by atoms with E-state index in [1.807, 2.05) is 0 Å². The molecule has 0 aromatic rings. The van der Waals surface area contributed by atoms with Gasteiger partial charge in [-0.3, -0.25) is 0 Å². The van der Waals surface area contributed by atoms with Crippen molar-refractivity contribution in [3.05, 3.63) is 0 Å². The molecular formula is C3H10MnN4O6. The van der Waals surface area contributed by atoms with Crippen molar-refractivity contribution in [2.24, 2.45) is 17.2 Å². The van der Waals surface area contributed by atoms with Gasteiger partial charge in [0, 0.05) is 0 Å². The van der Waals surface area contributed by atoms with Crippen molar-refractivity contribution < 1.29 is 46.8 Å². The van der Waals surface area contributed by atoms with E-state index in [0.29, 0.717) is 0 Å². The van der Waals surface area contributed by atoms with Gasteiger partial charge < -0.3 is 53.1 Å². The molecule has 0 saturated heterocycles. The second-order valence-corrected chi connectivity index (χ2v) is 0.957. The first-order valence-electron chi connectivity index (χ1n) is 2.09. The number of rotatable bonds is 0. The van der Waals surface area contributed by atoms with Crippen molar-refractivity contribution in [3.8, 4) is 0 Å². The van der Waals surface area contributed by atoms with Crippen molar-refractivity contribution in [2.45, 2.75) is 0 Å². The Bertz CT molecular complexity index is 123. The number of carbonyl (C=O) groups excluding carboxylic acids is 3. The summed E-state index contributed by atoms with van der Waals surface area (Å²) >= 11 is 0. The Morgan fingerprint density at radius 2 is 0.714 bits per heavy atom. The van der Waals surface area contributed by atoms with Gasteiger partial charge in [-0.2, -0.15) is 0 Å². The fourth-order valence-electron chi connectivity index (χ4n) is 0. The van der Waals surface area contributed by atoms with E-state index in [2.05, 4.69) is 17.2 Å². The first-order valence-corrected chi connectivity index (χ1v) is 2.09. The number of nitrogens with two attached hydrogens (primary N) is 3. The summed E-state index contributed by atoms with van der Waals surface area (Å²) in [6.45, 7) is 0. The SMILES string of the molecule is NC(=O)[O-].NC(=O)[O-].NC(=O)[O-].[Mn+2].[NH4+]. The molecule has 14 heavy (non-hydrogen) atoms. The van der Waals surface area contributed by atoms with Gasteiger partial charge in [0.25, 0.3) is 0 Å². The van der Waals surface area contributed by atoms with E-state index in [1.165, 1.54) is 0 Å². The molecule has 0 bridgehead atoms. The fraction of sp³-hybridized carbons (Fsp3) is 0. The number of hydrogen-bond donors (Lipinski definition) is 4. The van der Waals surface area contributed by atoms with E-state index in [4.69, 9.17) is 29.7 Å². The number of primary amides is 3. The number of hydrogen-bond acceptors (Lipinski definition) is 6.